The van der Waals surface area contributed by atoms with Gasteiger partial charge in [-0.2, -0.15) is 0 Å². The maximum Gasteiger partial charge on any atom is 0.326 e. The standard InChI is InChI=1S/C22H22N2O7S/c1-5-14(4)30-20(25)11-23-21(26)19(32-22(23)27)10-15-6-7-18(31-15)16-8-12(2)13(3)9-17(16)24(28)29/h6-10,14H,5,11H2,1-4H3/b19-10-/t14-/m0/s1. The third kappa shape index (κ3) is 4.91. The van der Waals surface area contributed by atoms with Crippen molar-refractivity contribution in [2.75, 3.05) is 6.54 Å². The molecule has 0 bridgehead atoms. The van der Waals surface area contributed by atoms with Crippen LogP contribution in [-0.2, 0) is 14.3 Å². The van der Waals surface area contributed by atoms with Crippen LogP contribution in [0.2, 0.25) is 0 Å². The summed E-state index contributed by atoms with van der Waals surface area (Å²) in [7, 11) is 0. The lowest BCUT2D eigenvalue weighted by Gasteiger charge is -2.14. The van der Waals surface area contributed by atoms with Gasteiger partial charge in [-0.25, -0.2) is 0 Å². The normalized spacial score (nSPS) is 16.0. The van der Waals surface area contributed by atoms with Crippen molar-refractivity contribution in [2.45, 2.75) is 40.2 Å². The first-order valence-corrected chi connectivity index (χ1v) is 10.7. The van der Waals surface area contributed by atoms with Crippen molar-refractivity contribution >= 4 is 40.6 Å². The van der Waals surface area contributed by atoms with Crippen molar-refractivity contribution < 1.29 is 28.5 Å². The van der Waals surface area contributed by atoms with Crippen LogP contribution in [0.4, 0.5) is 10.5 Å². The van der Waals surface area contributed by atoms with E-state index in [1.807, 2.05) is 13.8 Å². The van der Waals surface area contributed by atoms with E-state index in [0.717, 1.165) is 16.0 Å². The Kier molecular flexibility index (Phi) is 6.83. The molecule has 9 nitrogen and oxygen atoms in total. The van der Waals surface area contributed by atoms with E-state index in [9.17, 15) is 24.5 Å². The van der Waals surface area contributed by atoms with Crippen molar-refractivity contribution in [3.05, 3.63) is 56.2 Å². The number of aryl methyl sites for hydroxylation is 2. The highest BCUT2D eigenvalue weighted by Crippen LogP contribution is 2.36. The van der Waals surface area contributed by atoms with Crippen molar-refractivity contribution in [1.29, 1.82) is 0 Å². The van der Waals surface area contributed by atoms with Crippen molar-refractivity contribution in [1.82, 2.24) is 4.90 Å². The average molecular weight is 458 g/mol. The Balaban J connectivity index is 1.82. The number of carbonyl (C=O) groups excluding carboxylic acids is 3. The van der Waals surface area contributed by atoms with E-state index in [2.05, 4.69) is 0 Å². The maximum absolute atomic E-state index is 12.6. The predicted octanol–water partition coefficient (Wildman–Crippen LogP) is 4.85. The fraction of sp³-hybridized carbons (Fsp3) is 0.318. The molecule has 1 aliphatic rings. The first-order valence-electron chi connectivity index (χ1n) is 9.91. The summed E-state index contributed by atoms with van der Waals surface area (Å²) in [6.45, 7) is 6.73. The van der Waals surface area contributed by atoms with Crippen LogP contribution in [0.3, 0.4) is 0 Å². The molecule has 3 rings (SSSR count). The Bertz CT molecular complexity index is 1140. The zero-order valence-electron chi connectivity index (χ0n) is 18.0. The zero-order valence-corrected chi connectivity index (χ0v) is 18.9. The van der Waals surface area contributed by atoms with Crippen LogP contribution in [0, 0.1) is 24.0 Å². The molecule has 10 heteroatoms. The number of benzene rings is 1. The van der Waals surface area contributed by atoms with Crippen molar-refractivity contribution in [3.8, 4) is 11.3 Å². The highest BCUT2D eigenvalue weighted by Gasteiger charge is 2.37. The van der Waals surface area contributed by atoms with Crippen LogP contribution in [0.15, 0.2) is 33.6 Å². The largest absolute Gasteiger partial charge is 0.461 e. The molecule has 1 atom stereocenters. The Morgan fingerprint density at radius 2 is 1.97 bits per heavy atom. The lowest BCUT2D eigenvalue weighted by Crippen LogP contribution is -2.35. The predicted molar refractivity (Wildman–Crippen MR) is 119 cm³/mol. The lowest BCUT2D eigenvalue weighted by atomic mass is 10.0. The van der Waals surface area contributed by atoms with Crippen LogP contribution in [-0.4, -0.2) is 39.6 Å². The van der Waals surface area contributed by atoms with E-state index < -0.39 is 28.6 Å². The summed E-state index contributed by atoms with van der Waals surface area (Å²) in [5, 5.41) is 10.9. The highest BCUT2D eigenvalue weighted by molar-refractivity contribution is 8.18. The lowest BCUT2D eigenvalue weighted by molar-refractivity contribution is -0.384. The molecule has 0 spiro atoms. The van der Waals surface area contributed by atoms with Crippen LogP contribution >= 0.6 is 11.8 Å². The second-order valence-electron chi connectivity index (χ2n) is 7.39. The van der Waals surface area contributed by atoms with Gasteiger partial charge >= 0.3 is 5.97 Å². The number of nitrogens with zero attached hydrogens (tertiary/aromatic N) is 2. The summed E-state index contributed by atoms with van der Waals surface area (Å²) >= 11 is 0.683. The fourth-order valence-electron chi connectivity index (χ4n) is 2.96. The minimum atomic E-state index is -0.662. The summed E-state index contributed by atoms with van der Waals surface area (Å²) < 4.78 is 10.8. The number of imide groups is 1. The van der Waals surface area contributed by atoms with Gasteiger partial charge in [-0.05, 0) is 68.3 Å². The summed E-state index contributed by atoms with van der Waals surface area (Å²) in [5.74, 6) is -0.774. The molecule has 0 N–H and O–H groups in total. The summed E-state index contributed by atoms with van der Waals surface area (Å²) in [6, 6.07) is 6.28. The number of amides is 2. The van der Waals surface area contributed by atoms with Crippen molar-refractivity contribution in [3.63, 3.8) is 0 Å². The summed E-state index contributed by atoms with van der Waals surface area (Å²) in [6.07, 6.45) is 1.68. The number of esters is 1. The molecule has 0 saturated carbocycles. The SMILES string of the molecule is CC[C@H](C)OC(=O)CN1C(=O)S/C(=C\c2ccc(-c3cc(C)c(C)cc3[N+](=O)[O-])o2)C1=O. The first kappa shape index (κ1) is 23.3. The maximum atomic E-state index is 12.6. The van der Waals surface area contributed by atoms with Crippen LogP contribution in [0.5, 0.6) is 0 Å². The molecule has 1 aliphatic heterocycles. The number of hydrogen-bond donors (Lipinski definition) is 0. The molecular formula is C22H22N2O7S. The fourth-order valence-corrected chi connectivity index (χ4v) is 3.78. The van der Waals surface area contributed by atoms with Gasteiger partial charge in [-0.15, -0.1) is 0 Å². The molecule has 2 amide bonds. The molecule has 2 heterocycles. The number of carbonyl (C=O) groups is 3. The van der Waals surface area contributed by atoms with E-state index in [1.165, 1.54) is 12.1 Å². The molecule has 0 unspecified atom stereocenters. The second-order valence-corrected chi connectivity index (χ2v) is 8.38. The monoisotopic (exact) mass is 458 g/mol. The molecular weight excluding hydrogens is 436 g/mol. The molecule has 2 aromatic rings. The second kappa shape index (κ2) is 9.39. The molecule has 1 fully saturated rings. The van der Waals surface area contributed by atoms with Gasteiger partial charge in [-0.1, -0.05) is 6.92 Å². The number of nitro groups is 1. The molecule has 1 saturated heterocycles. The third-order valence-electron chi connectivity index (χ3n) is 5.04. The van der Waals surface area contributed by atoms with Gasteiger partial charge in [-0.3, -0.25) is 29.4 Å². The van der Waals surface area contributed by atoms with E-state index in [-0.39, 0.29) is 28.2 Å². The van der Waals surface area contributed by atoms with Gasteiger partial charge < -0.3 is 9.15 Å². The number of rotatable bonds is 7. The first-order chi connectivity index (χ1) is 15.1. The molecule has 168 valence electrons. The van der Waals surface area contributed by atoms with E-state index in [0.29, 0.717) is 23.7 Å². The number of ether oxygens (including phenoxy) is 1. The molecule has 1 aromatic carbocycles. The van der Waals surface area contributed by atoms with Gasteiger partial charge in [0.15, 0.2) is 0 Å². The number of furan rings is 1. The van der Waals surface area contributed by atoms with E-state index >= 15 is 0 Å². The quantitative estimate of drug-likeness (QED) is 0.250. The molecule has 0 radical (unpaired) electrons. The van der Waals surface area contributed by atoms with Gasteiger partial charge in [0.1, 0.15) is 18.1 Å². The Morgan fingerprint density at radius 3 is 2.62 bits per heavy atom. The minimum absolute atomic E-state index is 0.0850. The van der Waals surface area contributed by atoms with Crippen LogP contribution in [0.25, 0.3) is 17.4 Å². The number of thioether (sulfide) groups is 1. The number of nitro benzene ring substituents is 1. The van der Waals surface area contributed by atoms with Gasteiger partial charge in [0.25, 0.3) is 16.8 Å². The van der Waals surface area contributed by atoms with Crippen LogP contribution in [0.1, 0.15) is 37.2 Å². The van der Waals surface area contributed by atoms with Crippen molar-refractivity contribution in [2.24, 2.45) is 0 Å². The van der Waals surface area contributed by atoms with E-state index in [1.54, 1.807) is 32.0 Å². The van der Waals surface area contributed by atoms with Gasteiger partial charge in [0, 0.05) is 12.1 Å². The van der Waals surface area contributed by atoms with E-state index in [4.69, 9.17) is 9.15 Å². The smallest absolute Gasteiger partial charge is 0.326 e. The molecule has 1 aromatic heterocycles. The average Bonchev–Trinajstić information content (AvgIpc) is 3.29. The minimum Gasteiger partial charge on any atom is -0.461 e. The molecule has 32 heavy (non-hydrogen) atoms. The molecule has 0 aliphatic carbocycles. The Hall–Kier alpha value is -3.40. The zero-order chi connectivity index (χ0) is 23.6. The van der Waals surface area contributed by atoms with Gasteiger partial charge in [0.2, 0.25) is 0 Å². The Labute approximate surface area is 188 Å². The van der Waals surface area contributed by atoms with Crippen LogP contribution < -0.4 is 0 Å². The topological polar surface area (TPSA) is 120 Å². The van der Waals surface area contributed by atoms with Gasteiger partial charge in [0.05, 0.1) is 21.5 Å². The summed E-state index contributed by atoms with van der Waals surface area (Å²) in [4.78, 5) is 48.6. The Morgan fingerprint density at radius 1 is 1.28 bits per heavy atom. The third-order valence-corrected chi connectivity index (χ3v) is 5.95. The number of hydrogen-bond acceptors (Lipinski definition) is 8. The summed E-state index contributed by atoms with van der Waals surface area (Å²) in [5.41, 5.74) is 1.88. The highest BCUT2D eigenvalue weighted by atomic mass is 32.2.